The van der Waals surface area contributed by atoms with Crippen LogP contribution in [0.2, 0.25) is 0 Å². The average molecular weight is 248 g/mol. The van der Waals surface area contributed by atoms with E-state index < -0.39 is 18.0 Å². The summed E-state index contributed by atoms with van der Waals surface area (Å²) in [5.41, 5.74) is 0. The number of esters is 1. The van der Waals surface area contributed by atoms with Gasteiger partial charge in [-0.2, -0.15) is 0 Å². The van der Waals surface area contributed by atoms with Crippen molar-refractivity contribution in [1.29, 1.82) is 0 Å². The number of hydrogen-bond acceptors (Lipinski definition) is 5. The zero-order valence-corrected chi connectivity index (χ0v) is 10.7. The van der Waals surface area contributed by atoms with Crippen LogP contribution in [0, 0.1) is 0 Å². The molecule has 0 aliphatic rings. The number of ether oxygens (including phenoxy) is 1. The molecule has 0 heterocycles. The summed E-state index contributed by atoms with van der Waals surface area (Å²) in [5, 5.41) is 26.2. The van der Waals surface area contributed by atoms with Crippen molar-refractivity contribution < 1.29 is 24.9 Å². The van der Waals surface area contributed by atoms with Crippen molar-refractivity contribution in [2.24, 2.45) is 0 Å². The van der Waals surface area contributed by atoms with Crippen molar-refractivity contribution in [3.05, 3.63) is 0 Å². The largest absolute Gasteiger partial charge is 0.454 e. The first-order valence-electron chi connectivity index (χ1n) is 6.24. The van der Waals surface area contributed by atoms with Crippen LogP contribution < -0.4 is 0 Å². The molecule has 0 aromatic rings. The van der Waals surface area contributed by atoms with Crippen molar-refractivity contribution in [3.8, 4) is 0 Å². The minimum atomic E-state index is -2.96. The molecular formula is C12H24O5. The van der Waals surface area contributed by atoms with Gasteiger partial charge in [0.2, 0.25) is 0 Å². The van der Waals surface area contributed by atoms with Crippen LogP contribution in [0.1, 0.15) is 58.8 Å². The highest BCUT2D eigenvalue weighted by atomic mass is 16.7. The van der Waals surface area contributed by atoms with Crippen LogP contribution in [0.5, 0.6) is 0 Å². The lowest BCUT2D eigenvalue weighted by molar-refractivity contribution is -0.352. The highest BCUT2D eigenvalue weighted by Crippen LogP contribution is 2.10. The molecular weight excluding hydrogens is 224 g/mol. The van der Waals surface area contributed by atoms with Crippen molar-refractivity contribution in [2.45, 2.75) is 70.9 Å². The molecule has 0 radical (unpaired) electrons. The van der Waals surface area contributed by atoms with Gasteiger partial charge < -0.3 is 20.1 Å². The van der Waals surface area contributed by atoms with Crippen molar-refractivity contribution in [2.75, 3.05) is 0 Å². The van der Waals surface area contributed by atoms with Gasteiger partial charge in [-0.05, 0) is 13.3 Å². The molecule has 0 aromatic heterocycles. The number of carbonyl (C=O) groups is 1. The molecule has 0 bridgehead atoms. The SMILES string of the molecule is CCCCCCCCC(=O)OC(C)C(O)(O)O. The number of rotatable bonds is 9. The predicted octanol–water partition coefficient (Wildman–Crippen LogP) is 1.30. The molecule has 0 saturated heterocycles. The molecule has 1 unspecified atom stereocenters. The lowest BCUT2D eigenvalue weighted by atomic mass is 10.1. The van der Waals surface area contributed by atoms with Crippen LogP contribution in [-0.2, 0) is 9.53 Å². The Balaban J connectivity index is 3.53. The Morgan fingerprint density at radius 1 is 1.12 bits per heavy atom. The fraction of sp³-hybridized carbons (Fsp3) is 0.917. The van der Waals surface area contributed by atoms with Gasteiger partial charge in [-0.1, -0.05) is 39.0 Å². The topological polar surface area (TPSA) is 87.0 Å². The molecule has 3 N–H and O–H groups in total. The van der Waals surface area contributed by atoms with E-state index >= 15 is 0 Å². The standard InChI is InChI=1S/C12H24O5/c1-3-4-5-6-7-8-9-11(13)17-10(2)12(14,15)16/h10,14-16H,3-9H2,1-2H3. The maximum absolute atomic E-state index is 11.2. The number of carbonyl (C=O) groups excluding carboxylic acids is 1. The second-order valence-corrected chi connectivity index (χ2v) is 4.34. The Morgan fingerprint density at radius 3 is 2.18 bits per heavy atom. The molecule has 0 fully saturated rings. The number of aliphatic hydroxyl groups is 3. The molecule has 102 valence electrons. The zero-order valence-electron chi connectivity index (χ0n) is 10.7. The summed E-state index contributed by atoms with van der Waals surface area (Å²) in [4.78, 5) is 11.2. The van der Waals surface area contributed by atoms with E-state index in [1.165, 1.54) is 26.2 Å². The van der Waals surface area contributed by atoms with Crippen molar-refractivity contribution >= 4 is 5.97 Å². The lowest BCUT2D eigenvalue weighted by Gasteiger charge is -2.22. The van der Waals surface area contributed by atoms with Crippen LogP contribution in [0.3, 0.4) is 0 Å². The first-order valence-corrected chi connectivity index (χ1v) is 6.24. The minimum absolute atomic E-state index is 0.243. The van der Waals surface area contributed by atoms with Crippen LogP contribution in [0.15, 0.2) is 0 Å². The Bertz CT molecular complexity index is 209. The Labute approximate surface area is 102 Å². The molecule has 1 atom stereocenters. The van der Waals surface area contributed by atoms with Crippen LogP contribution in [0.25, 0.3) is 0 Å². The predicted molar refractivity (Wildman–Crippen MR) is 62.9 cm³/mol. The Hall–Kier alpha value is -0.650. The van der Waals surface area contributed by atoms with Crippen molar-refractivity contribution in [3.63, 3.8) is 0 Å². The second kappa shape index (κ2) is 8.44. The average Bonchev–Trinajstić information content (AvgIpc) is 2.21. The van der Waals surface area contributed by atoms with Gasteiger partial charge in [0.15, 0.2) is 6.10 Å². The molecule has 0 rings (SSSR count). The summed E-state index contributed by atoms with van der Waals surface area (Å²) in [6, 6.07) is 0. The summed E-state index contributed by atoms with van der Waals surface area (Å²) in [7, 11) is 0. The van der Waals surface area contributed by atoms with Gasteiger partial charge in [0.05, 0.1) is 0 Å². The van der Waals surface area contributed by atoms with E-state index in [1.54, 1.807) is 0 Å². The van der Waals surface area contributed by atoms with Gasteiger partial charge in [0.25, 0.3) is 0 Å². The zero-order chi connectivity index (χ0) is 13.3. The summed E-state index contributed by atoms with van der Waals surface area (Å²) in [6.07, 6.45) is 5.27. The van der Waals surface area contributed by atoms with E-state index in [0.717, 1.165) is 19.3 Å². The maximum Gasteiger partial charge on any atom is 0.314 e. The van der Waals surface area contributed by atoms with Gasteiger partial charge in [-0.3, -0.25) is 4.79 Å². The van der Waals surface area contributed by atoms with E-state index in [2.05, 4.69) is 11.7 Å². The number of hydrogen-bond donors (Lipinski definition) is 3. The molecule has 0 amide bonds. The van der Waals surface area contributed by atoms with E-state index in [4.69, 9.17) is 15.3 Å². The summed E-state index contributed by atoms with van der Waals surface area (Å²) >= 11 is 0. The van der Waals surface area contributed by atoms with Crippen LogP contribution in [-0.4, -0.2) is 33.4 Å². The third kappa shape index (κ3) is 9.09. The van der Waals surface area contributed by atoms with Gasteiger partial charge in [0.1, 0.15) is 0 Å². The normalized spacial score (nSPS) is 13.5. The molecule has 0 spiro atoms. The van der Waals surface area contributed by atoms with Crippen LogP contribution in [0.4, 0.5) is 0 Å². The second-order valence-electron chi connectivity index (χ2n) is 4.34. The quantitative estimate of drug-likeness (QED) is 0.325. The third-order valence-corrected chi connectivity index (χ3v) is 2.59. The third-order valence-electron chi connectivity index (χ3n) is 2.59. The fourth-order valence-corrected chi connectivity index (χ4v) is 1.38. The minimum Gasteiger partial charge on any atom is -0.454 e. The Kier molecular flexibility index (Phi) is 8.12. The highest BCUT2D eigenvalue weighted by molar-refractivity contribution is 5.69. The maximum atomic E-state index is 11.2. The molecule has 0 aliphatic carbocycles. The molecule has 0 aromatic carbocycles. The molecule has 5 heteroatoms. The molecule has 0 saturated carbocycles. The van der Waals surface area contributed by atoms with Gasteiger partial charge in [-0.15, -0.1) is 0 Å². The summed E-state index contributed by atoms with van der Waals surface area (Å²) in [6.45, 7) is 3.36. The van der Waals surface area contributed by atoms with E-state index in [0.29, 0.717) is 0 Å². The van der Waals surface area contributed by atoms with E-state index in [9.17, 15) is 4.79 Å². The molecule has 17 heavy (non-hydrogen) atoms. The van der Waals surface area contributed by atoms with Crippen LogP contribution >= 0.6 is 0 Å². The van der Waals surface area contributed by atoms with Gasteiger partial charge in [-0.25, -0.2) is 0 Å². The summed E-state index contributed by atoms with van der Waals surface area (Å²) < 4.78 is 4.65. The lowest BCUT2D eigenvalue weighted by Crippen LogP contribution is -2.42. The highest BCUT2D eigenvalue weighted by Gasteiger charge is 2.31. The monoisotopic (exact) mass is 248 g/mol. The molecule has 5 nitrogen and oxygen atoms in total. The van der Waals surface area contributed by atoms with Gasteiger partial charge in [0, 0.05) is 6.42 Å². The van der Waals surface area contributed by atoms with E-state index in [-0.39, 0.29) is 6.42 Å². The first kappa shape index (κ1) is 16.4. The smallest absolute Gasteiger partial charge is 0.314 e. The summed E-state index contributed by atoms with van der Waals surface area (Å²) in [5.74, 6) is -3.48. The van der Waals surface area contributed by atoms with Gasteiger partial charge >= 0.3 is 11.9 Å². The fourth-order valence-electron chi connectivity index (χ4n) is 1.38. The molecule has 0 aliphatic heterocycles. The first-order chi connectivity index (χ1) is 7.88. The number of unbranched alkanes of at least 4 members (excludes halogenated alkanes) is 5. The van der Waals surface area contributed by atoms with Crippen molar-refractivity contribution in [1.82, 2.24) is 0 Å². The Morgan fingerprint density at radius 2 is 1.65 bits per heavy atom. The van der Waals surface area contributed by atoms with E-state index in [1.807, 2.05) is 0 Å².